The summed E-state index contributed by atoms with van der Waals surface area (Å²) in [6, 6.07) is 19.8. The van der Waals surface area contributed by atoms with Crippen molar-refractivity contribution < 1.29 is 4.74 Å². The predicted molar refractivity (Wildman–Crippen MR) is 131 cm³/mol. The van der Waals surface area contributed by atoms with Gasteiger partial charge in [-0.15, -0.1) is 0 Å². The highest BCUT2D eigenvalue weighted by Gasteiger charge is 2.13. The first kappa shape index (κ1) is 22.0. The Kier molecular flexibility index (Phi) is 6.61. The summed E-state index contributed by atoms with van der Waals surface area (Å²) in [4.78, 5) is 17.0. The molecule has 2 N–H and O–H groups in total. The molecule has 4 aromatic rings. The van der Waals surface area contributed by atoms with E-state index in [-0.39, 0.29) is 11.1 Å². The van der Waals surface area contributed by atoms with Crippen molar-refractivity contribution in [1.82, 2.24) is 14.8 Å². The molecule has 33 heavy (non-hydrogen) atoms. The molecule has 0 aliphatic rings. The van der Waals surface area contributed by atoms with Gasteiger partial charge in [-0.05, 0) is 48.5 Å². The minimum atomic E-state index is -0.294. The lowest BCUT2D eigenvalue weighted by molar-refractivity contribution is 0.411. The van der Waals surface area contributed by atoms with E-state index in [1.165, 1.54) is 12.1 Å². The summed E-state index contributed by atoms with van der Waals surface area (Å²) in [5.74, 6) is 0.570. The number of hydrogen-bond donors (Lipinski definition) is 2. The number of aromatic nitrogens is 3. The van der Waals surface area contributed by atoms with Crippen LogP contribution in [0.15, 0.2) is 90.0 Å². The number of benzene rings is 2. The van der Waals surface area contributed by atoms with E-state index in [9.17, 15) is 4.79 Å². The standard InChI is InChI=1S/C25H20ClN5O2/c1-33-24-15-17(20-7-2-3-13-28-20)8-9-22(24)31-14-11-23(32)25(30-31)21(10-12-27)29-19-6-4-5-18(26)16-19/h2-16,27,29H,1H3/b21-10-,27-12?. The van der Waals surface area contributed by atoms with Crippen molar-refractivity contribution in [2.75, 3.05) is 12.4 Å². The highest BCUT2D eigenvalue weighted by molar-refractivity contribution is 6.30. The lowest BCUT2D eigenvalue weighted by Crippen LogP contribution is -2.18. The second kappa shape index (κ2) is 9.93. The van der Waals surface area contributed by atoms with Gasteiger partial charge in [0.05, 0.1) is 18.5 Å². The van der Waals surface area contributed by atoms with Crippen LogP contribution in [0.4, 0.5) is 5.69 Å². The van der Waals surface area contributed by atoms with E-state index in [1.807, 2.05) is 42.5 Å². The summed E-state index contributed by atoms with van der Waals surface area (Å²) < 4.78 is 7.17. The Hall–Kier alpha value is -4.23. The number of rotatable bonds is 7. The van der Waals surface area contributed by atoms with Crippen LogP contribution < -0.4 is 15.5 Å². The molecule has 0 saturated heterocycles. The minimum absolute atomic E-state index is 0.150. The van der Waals surface area contributed by atoms with E-state index in [2.05, 4.69) is 15.4 Å². The van der Waals surface area contributed by atoms with E-state index < -0.39 is 0 Å². The lowest BCUT2D eigenvalue weighted by atomic mass is 10.1. The molecule has 0 unspecified atom stereocenters. The Bertz CT molecular complexity index is 1380. The van der Waals surface area contributed by atoms with Gasteiger partial charge >= 0.3 is 0 Å². The Labute approximate surface area is 195 Å². The molecule has 0 aliphatic heterocycles. The summed E-state index contributed by atoms with van der Waals surface area (Å²) in [5.41, 5.74) is 3.26. The smallest absolute Gasteiger partial charge is 0.209 e. The molecular formula is C25H20ClN5O2. The van der Waals surface area contributed by atoms with Crippen molar-refractivity contribution >= 4 is 29.2 Å². The van der Waals surface area contributed by atoms with Crippen LogP contribution in [0, 0.1) is 5.41 Å². The number of allylic oxidation sites excluding steroid dienone is 1. The fraction of sp³-hybridized carbons (Fsp3) is 0.0400. The molecule has 0 amide bonds. The quantitative estimate of drug-likeness (QED) is 0.378. The van der Waals surface area contributed by atoms with E-state index in [4.69, 9.17) is 21.7 Å². The number of nitrogens with zero attached hydrogens (tertiary/aromatic N) is 3. The Morgan fingerprint density at radius 2 is 2.00 bits per heavy atom. The van der Waals surface area contributed by atoms with Crippen LogP contribution in [0.5, 0.6) is 5.75 Å². The second-order valence-corrected chi connectivity index (χ2v) is 7.39. The molecule has 2 aromatic heterocycles. The minimum Gasteiger partial charge on any atom is -0.494 e. The summed E-state index contributed by atoms with van der Waals surface area (Å²) in [7, 11) is 1.57. The van der Waals surface area contributed by atoms with Gasteiger partial charge in [0.1, 0.15) is 11.4 Å². The van der Waals surface area contributed by atoms with Crippen molar-refractivity contribution in [3.05, 3.63) is 106 Å². The Balaban J connectivity index is 1.75. The average Bonchev–Trinajstić information content (AvgIpc) is 2.84. The zero-order valence-electron chi connectivity index (χ0n) is 17.7. The highest BCUT2D eigenvalue weighted by atomic mass is 35.5. The first-order chi connectivity index (χ1) is 16.1. The molecule has 0 aliphatic carbocycles. The van der Waals surface area contributed by atoms with Crippen LogP contribution in [0.1, 0.15) is 5.69 Å². The molecule has 0 saturated carbocycles. The SMILES string of the molecule is COc1cc(-c2ccccn2)ccc1-n1ccc(=O)c(/C(=C/C=N)Nc2cccc(Cl)c2)n1. The normalized spacial score (nSPS) is 11.2. The van der Waals surface area contributed by atoms with Gasteiger partial charge < -0.3 is 15.5 Å². The summed E-state index contributed by atoms with van der Waals surface area (Å²) >= 11 is 6.07. The van der Waals surface area contributed by atoms with Crippen molar-refractivity contribution in [1.29, 1.82) is 5.41 Å². The van der Waals surface area contributed by atoms with Gasteiger partial charge in [0.25, 0.3) is 0 Å². The molecule has 164 valence electrons. The number of ether oxygens (including phenoxy) is 1. The monoisotopic (exact) mass is 457 g/mol. The summed E-state index contributed by atoms with van der Waals surface area (Å²) in [6.45, 7) is 0. The van der Waals surface area contributed by atoms with Gasteiger partial charge in [0, 0.05) is 40.9 Å². The van der Waals surface area contributed by atoms with E-state index >= 15 is 0 Å². The van der Waals surface area contributed by atoms with Crippen molar-refractivity contribution in [2.45, 2.75) is 0 Å². The maximum Gasteiger partial charge on any atom is 0.209 e. The molecule has 2 heterocycles. The third kappa shape index (κ3) is 4.99. The zero-order chi connectivity index (χ0) is 23.2. The average molecular weight is 458 g/mol. The molecule has 0 bridgehead atoms. The van der Waals surface area contributed by atoms with Gasteiger partial charge in [0.2, 0.25) is 5.43 Å². The molecular weight excluding hydrogens is 438 g/mol. The Morgan fingerprint density at radius 3 is 2.73 bits per heavy atom. The van der Waals surface area contributed by atoms with Crippen LogP contribution in [-0.4, -0.2) is 28.1 Å². The Morgan fingerprint density at radius 1 is 1.12 bits per heavy atom. The van der Waals surface area contributed by atoms with Crippen LogP contribution in [0.25, 0.3) is 22.6 Å². The number of anilines is 1. The van der Waals surface area contributed by atoms with E-state index in [0.29, 0.717) is 27.8 Å². The molecule has 7 nitrogen and oxygen atoms in total. The number of nitrogens with one attached hydrogen (secondary N) is 2. The molecule has 2 aromatic carbocycles. The van der Waals surface area contributed by atoms with Crippen molar-refractivity contribution in [3.8, 4) is 22.7 Å². The molecule has 0 radical (unpaired) electrons. The third-order valence-corrected chi connectivity index (χ3v) is 5.04. The van der Waals surface area contributed by atoms with Gasteiger partial charge in [-0.25, -0.2) is 4.68 Å². The third-order valence-electron chi connectivity index (χ3n) is 4.80. The number of halogens is 1. The fourth-order valence-corrected chi connectivity index (χ4v) is 3.46. The molecule has 0 spiro atoms. The first-order valence-corrected chi connectivity index (χ1v) is 10.4. The highest BCUT2D eigenvalue weighted by Crippen LogP contribution is 2.28. The van der Waals surface area contributed by atoms with Crippen LogP contribution in [0.3, 0.4) is 0 Å². The van der Waals surface area contributed by atoms with Crippen LogP contribution in [0.2, 0.25) is 5.02 Å². The van der Waals surface area contributed by atoms with Gasteiger partial charge in [0.15, 0.2) is 5.69 Å². The fourth-order valence-electron chi connectivity index (χ4n) is 3.27. The number of pyridine rings is 1. The lowest BCUT2D eigenvalue weighted by Gasteiger charge is -2.15. The summed E-state index contributed by atoms with van der Waals surface area (Å²) in [5, 5.41) is 15.7. The van der Waals surface area contributed by atoms with Crippen LogP contribution in [-0.2, 0) is 0 Å². The van der Waals surface area contributed by atoms with Gasteiger partial charge in [-0.2, -0.15) is 5.10 Å². The molecule has 0 atom stereocenters. The zero-order valence-corrected chi connectivity index (χ0v) is 18.5. The van der Waals surface area contributed by atoms with Crippen molar-refractivity contribution in [2.24, 2.45) is 0 Å². The maximum absolute atomic E-state index is 12.7. The number of hydrogen-bond acceptors (Lipinski definition) is 6. The predicted octanol–water partition coefficient (Wildman–Crippen LogP) is 5.06. The van der Waals surface area contributed by atoms with E-state index in [1.54, 1.807) is 42.4 Å². The van der Waals surface area contributed by atoms with E-state index in [0.717, 1.165) is 17.5 Å². The molecule has 4 rings (SSSR count). The molecule has 8 heteroatoms. The first-order valence-electron chi connectivity index (χ1n) is 10.0. The summed E-state index contributed by atoms with van der Waals surface area (Å²) in [6.07, 6.45) is 5.87. The van der Waals surface area contributed by atoms with Crippen LogP contribution >= 0.6 is 11.6 Å². The second-order valence-electron chi connectivity index (χ2n) is 6.96. The van der Waals surface area contributed by atoms with Crippen molar-refractivity contribution in [3.63, 3.8) is 0 Å². The largest absolute Gasteiger partial charge is 0.494 e. The topological polar surface area (TPSA) is 92.9 Å². The molecule has 0 fully saturated rings. The number of methoxy groups -OCH3 is 1. The maximum atomic E-state index is 12.7. The van der Waals surface area contributed by atoms with Gasteiger partial charge in [-0.3, -0.25) is 9.78 Å². The van der Waals surface area contributed by atoms with Gasteiger partial charge in [-0.1, -0.05) is 29.8 Å².